The van der Waals surface area contributed by atoms with Gasteiger partial charge in [-0.05, 0) is 42.5 Å². The van der Waals surface area contributed by atoms with Crippen LogP contribution >= 0.6 is 34.8 Å². The summed E-state index contributed by atoms with van der Waals surface area (Å²) < 4.78 is 0. The number of carbonyl (C=O) groups excluding carboxylic acids is 1. The molecule has 130 valence electrons. The van der Waals surface area contributed by atoms with E-state index in [2.05, 4.69) is 4.90 Å². The van der Waals surface area contributed by atoms with Crippen LogP contribution in [0.25, 0.3) is 6.08 Å². The normalized spacial score (nSPS) is 15.0. The van der Waals surface area contributed by atoms with E-state index in [1.165, 1.54) is 6.08 Å². The van der Waals surface area contributed by atoms with Gasteiger partial charge in [-0.3, -0.25) is 4.79 Å². The Morgan fingerprint density at radius 3 is 2.08 bits per heavy atom. The monoisotopic (exact) mass is 394 g/mol. The lowest BCUT2D eigenvalue weighted by molar-refractivity contribution is -0.126. The number of anilines is 1. The Hall–Kier alpha value is -1.68. The zero-order chi connectivity index (χ0) is 17.8. The van der Waals surface area contributed by atoms with Gasteiger partial charge in [0.2, 0.25) is 5.91 Å². The predicted molar refractivity (Wildman–Crippen MR) is 106 cm³/mol. The smallest absolute Gasteiger partial charge is 0.246 e. The summed E-state index contributed by atoms with van der Waals surface area (Å²) in [5.41, 5.74) is 1.79. The maximum absolute atomic E-state index is 12.4. The molecule has 0 spiro atoms. The quantitative estimate of drug-likeness (QED) is 0.682. The molecule has 1 heterocycles. The molecule has 0 aromatic heterocycles. The number of nitrogens with zero attached hydrogens (tertiary/aromatic N) is 2. The van der Waals surface area contributed by atoms with E-state index < -0.39 is 0 Å². The van der Waals surface area contributed by atoms with Gasteiger partial charge in [-0.2, -0.15) is 0 Å². The molecule has 0 N–H and O–H groups in total. The molecular formula is C19H17Cl3N2O. The summed E-state index contributed by atoms with van der Waals surface area (Å²) in [6.45, 7) is 2.91. The third kappa shape index (κ3) is 4.49. The number of hydrogen-bond acceptors (Lipinski definition) is 2. The summed E-state index contributed by atoms with van der Waals surface area (Å²) in [6.07, 6.45) is 3.21. The van der Waals surface area contributed by atoms with Gasteiger partial charge in [-0.15, -0.1) is 0 Å². The average Bonchev–Trinajstić information content (AvgIpc) is 2.62. The second-order valence-corrected chi connectivity index (χ2v) is 7.01. The van der Waals surface area contributed by atoms with Crippen molar-refractivity contribution >= 4 is 52.5 Å². The molecule has 0 saturated carbocycles. The van der Waals surface area contributed by atoms with Gasteiger partial charge in [0.05, 0.1) is 0 Å². The number of halogens is 3. The number of amides is 1. The molecule has 6 heteroatoms. The van der Waals surface area contributed by atoms with E-state index in [1.807, 2.05) is 29.2 Å². The van der Waals surface area contributed by atoms with E-state index in [9.17, 15) is 4.79 Å². The largest absolute Gasteiger partial charge is 0.368 e. The molecule has 2 aromatic carbocycles. The highest BCUT2D eigenvalue weighted by molar-refractivity contribution is 6.37. The molecule has 1 fully saturated rings. The fourth-order valence-corrected chi connectivity index (χ4v) is 3.42. The van der Waals surface area contributed by atoms with Gasteiger partial charge in [0.25, 0.3) is 0 Å². The summed E-state index contributed by atoms with van der Waals surface area (Å²) in [6, 6.07) is 13.0. The Kier molecular flexibility index (Phi) is 5.89. The van der Waals surface area contributed by atoms with Crippen LogP contribution in [0.5, 0.6) is 0 Å². The van der Waals surface area contributed by atoms with E-state index in [-0.39, 0.29) is 5.91 Å². The van der Waals surface area contributed by atoms with Crippen LogP contribution in [0, 0.1) is 0 Å². The van der Waals surface area contributed by atoms with Crippen LogP contribution in [0.3, 0.4) is 0 Å². The molecule has 0 radical (unpaired) electrons. The Morgan fingerprint density at radius 1 is 0.880 bits per heavy atom. The van der Waals surface area contributed by atoms with Gasteiger partial charge in [0, 0.05) is 58.6 Å². The van der Waals surface area contributed by atoms with Crippen molar-refractivity contribution in [1.82, 2.24) is 4.90 Å². The number of hydrogen-bond donors (Lipinski definition) is 0. The number of piperazine rings is 1. The Bertz CT molecular complexity index is 762. The fourth-order valence-electron chi connectivity index (χ4n) is 2.77. The molecule has 1 amide bonds. The lowest BCUT2D eigenvalue weighted by Gasteiger charge is -2.35. The summed E-state index contributed by atoms with van der Waals surface area (Å²) >= 11 is 18.2. The Labute approximate surface area is 162 Å². The van der Waals surface area contributed by atoms with Gasteiger partial charge in [0.1, 0.15) is 0 Å². The maximum atomic E-state index is 12.4. The molecule has 2 aromatic rings. The number of carbonyl (C=O) groups is 1. The first-order valence-electron chi connectivity index (χ1n) is 7.96. The van der Waals surface area contributed by atoms with Crippen LogP contribution in [0.4, 0.5) is 5.69 Å². The van der Waals surface area contributed by atoms with Gasteiger partial charge in [-0.25, -0.2) is 0 Å². The first kappa shape index (κ1) is 18.1. The molecule has 3 rings (SSSR count). The highest BCUT2D eigenvalue weighted by Gasteiger charge is 2.19. The first-order chi connectivity index (χ1) is 12.0. The van der Waals surface area contributed by atoms with Crippen LogP contribution in [0.15, 0.2) is 48.5 Å². The van der Waals surface area contributed by atoms with Crippen molar-refractivity contribution < 1.29 is 4.79 Å². The summed E-state index contributed by atoms with van der Waals surface area (Å²) in [4.78, 5) is 16.5. The predicted octanol–water partition coefficient (Wildman–Crippen LogP) is 5.01. The molecule has 0 bridgehead atoms. The van der Waals surface area contributed by atoms with Crippen LogP contribution in [0.2, 0.25) is 15.1 Å². The minimum absolute atomic E-state index is 0.0354. The lowest BCUT2D eigenvalue weighted by Crippen LogP contribution is -2.48. The number of benzene rings is 2. The Balaban J connectivity index is 1.60. The first-order valence-corrected chi connectivity index (χ1v) is 9.09. The van der Waals surface area contributed by atoms with Gasteiger partial charge in [-0.1, -0.05) is 40.9 Å². The van der Waals surface area contributed by atoms with Gasteiger partial charge >= 0.3 is 0 Å². The molecule has 25 heavy (non-hydrogen) atoms. The minimum Gasteiger partial charge on any atom is -0.368 e. The van der Waals surface area contributed by atoms with Crippen LogP contribution < -0.4 is 4.90 Å². The zero-order valence-corrected chi connectivity index (χ0v) is 15.7. The topological polar surface area (TPSA) is 23.6 Å². The van der Waals surface area contributed by atoms with Crippen molar-refractivity contribution in [2.45, 2.75) is 0 Å². The minimum atomic E-state index is -0.0354. The van der Waals surface area contributed by atoms with Crippen molar-refractivity contribution in [3.63, 3.8) is 0 Å². The molecule has 0 aliphatic carbocycles. The van der Waals surface area contributed by atoms with Crippen molar-refractivity contribution in [3.05, 3.63) is 69.2 Å². The third-order valence-corrected chi connectivity index (χ3v) is 5.09. The van der Waals surface area contributed by atoms with Crippen LogP contribution in [0.1, 0.15) is 5.56 Å². The van der Waals surface area contributed by atoms with Crippen molar-refractivity contribution in [2.24, 2.45) is 0 Å². The molecule has 1 aliphatic rings. The fraction of sp³-hybridized carbons (Fsp3) is 0.211. The molecule has 1 saturated heterocycles. The van der Waals surface area contributed by atoms with Crippen molar-refractivity contribution in [2.75, 3.05) is 31.1 Å². The highest BCUT2D eigenvalue weighted by Crippen LogP contribution is 2.25. The van der Waals surface area contributed by atoms with E-state index in [0.29, 0.717) is 28.7 Å². The van der Waals surface area contributed by atoms with Crippen LogP contribution in [-0.4, -0.2) is 37.0 Å². The molecule has 1 aliphatic heterocycles. The van der Waals surface area contributed by atoms with E-state index in [1.54, 1.807) is 24.3 Å². The zero-order valence-electron chi connectivity index (χ0n) is 13.5. The SMILES string of the molecule is O=C(/C=C\c1c(Cl)cccc1Cl)N1CCN(c2ccc(Cl)cc2)CC1. The molecule has 0 unspecified atom stereocenters. The summed E-state index contributed by atoms with van der Waals surface area (Å²) in [5.74, 6) is -0.0354. The number of rotatable bonds is 3. The average molecular weight is 396 g/mol. The van der Waals surface area contributed by atoms with Gasteiger partial charge < -0.3 is 9.80 Å². The third-order valence-electron chi connectivity index (χ3n) is 4.18. The van der Waals surface area contributed by atoms with Crippen molar-refractivity contribution in [1.29, 1.82) is 0 Å². The summed E-state index contributed by atoms with van der Waals surface area (Å²) in [7, 11) is 0. The van der Waals surface area contributed by atoms with E-state index in [0.717, 1.165) is 23.8 Å². The van der Waals surface area contributed by atoms with E-state index in [4.69, 9.17) is 34.8 Å². The van der Waals surface area contributed by atoms with Crippen LogP contribution in [-0.2, 0) is 4.79 Å². The van der Waals surface area contributed by atoms with Crippen molar-refractivity contribution in [3.8, 4) is 0 Å². The highest BCUT2D eigenvalue weighted by atomic mass is 35.5. The van der Waals surface area contributed by atoms with Gasteiger partial charge in [0.15, 0.2) is 0 Å². The molecule has 3 nitrogen and oxygen atoms in total. The second kappa shape index (κ2) is 8.13. The molecule has 0 atom stereocenters. The summed E-state index contributed by atoms with van der Waals surface area (Å²) in [5, 5.41) is 1.79. The van der Waals surface area contributed by atoms with E-state index >= 15 is 0 Å². The maximum Gasteiger partial charge on any atom is 0.246 e. The second-order valence-electron chi connectivity index (χ2n) is 5.76. The molecular weight excluding hydrogens is 379 g/mol. The lowest BCUT2D eigenvalue weighted by atomic mass is 10.2. The standard InChI is InChI=1S/C19H17Cl3N2O/c20-14-4-6-15(7-5-14)23-10-12-24(13-11-23)19(25)9-8-16-17(21)2-1-3-18(16)22/h1-9H,10-13H2/b9-8-. The Morgan fingerprint density at radius 2 is 1.48 bits per heavy atom.